The van der Waals surface area contributed by atoms with Crippen LogP contribution in [0.15, 0.2) is 12.2 Å². The SMILES string of the molecule is CCCCCCCC/C=C/CCCCCCCC(=O)O[C@H](COC(=O)CCCCCCCCC)COP(=O)(O)O. The van der Waals surface area contributed by atoms with E-state index in [0.29, 0.717) is 6.42 Å². The van der Waals surface area contributed by atoms with Crippen LogP contribution in [0.2, 0.25) is 0 Å². The van der Waals surface area contributed by atoms with E-state index in [1.807, 2.05) is 0 Å². The molecule has 9 heteroatoms. The Kier molecular flexibility index (Phi) is 27.1. The molecule has 0 aromatic heterocycles. The van der Waals surface area contributed by atoms with Gasteiger partial charge >= 0.3 is 19.8 Å². The van der Waals surface area contributed by atoms with Crippen LogP contribution in [0.1, 0.15) is 155 Å². The highest BCUT2D eigenvalue weighted by molar-refractivity contribution is 7.46. The molecule has 0 fully saturated rings. The van der Waals surface area contributed by atoms with Crippen LogP contribution >= 0.6 is 7.82 Å². The Labute approximate surface area is 244 Å². The lowest BCUT2D eigenvalue weighted by Gasteiger charge is -2.18. The van der Waals surface area contributed by atoms with Gasteiger partial charge in [-0.15, -0.1) is 0 Å². The van der Waals surface area contributed by atoms with E-state index in [-0.39, 0.29) is 19.4 Å². The number of allylic oxidation sites excluding steroid dienone is 2. The summed E-state index contributed by atoms with van der Waals surface area (Å²) in [6.07, 6.45) is 26.7. The van der Waals surface area contributed by atoms with Crippen molar-refractivity contribution in [2.45, 2.75) is 161 Å². The maximum absolute atomic E-state index is 12.3. The average Bonchev–Trinajstić information content (AvgIpc) is 2.91. The van der Waals surface area contributed by atoms with Crippen LogP contribution in [0.25, 0.3) is 0 Å². The standard InChI is InChI=1S/C31H59O8P/c1-3-5-7-9-11-12-13-14-15-16-17-18-20-22-24-26-31(33)39-29(28-38-40(34,35)36)27-37-30(32)25-23-21-19-10-8-6-4-2/h14-15,29H,3-13,16-28H2,1-2H3,(H2,34,35,36)/b15-14+/t29-/m1/s1. The van der Waals surface area contributed by atoms with Crippen LogP contribution in [-0.2, 0) is 28.2 Å². The Morgan fingerprint density at radius 3 is 1.52 bits per heavy atom. The fourth-order valence-electron chi connectivity index (χ4n) is 4.37. The summed E-state index contributed by atoms with van der Waals surface area (Å²) in [6.45, 7) is 3.59. The third-order valence-corrected chi connectivity index (χ3v) is 7.27. The first-order valence-electron chi connectivity index (χ1n) is 16.0. The second kappa shape index (κ2) is 27.9. The lowest BCUT2D eigenvalue weighted by Crippen LogP contribution is -2.29. The second-order valence-corrected chi connectivity index (χ2v) is 12.0. The lowest BCUT2D eigenvalue weighted by molar-refractivity contribution is -0.161. The maximum Gasteiger partial charge on any atom is 0.469 e. The molecule has 0 aliphatic carbocycles. The number of rotatable bonds is 29. The minimum absolute atomic E-state index is 0.205. The molecular weight excluding hydrogens is 531 g/mol. The summed E-state index contributed by atoms with van der Waals surface area (Å²) < 4.78 is 26.1. The second-order valence-electron chi connectivity index (χ2n) is 10.8. The quantitative estimate of drug-likeness (QED) is 0.0384. The number of hydrogen-bond donors (Lipinski definition) is 2. The largest absolute Gasteiger partial charge is 0.469 e. The van der Waals surface area contributed by atoms with E-state index in [1.54, 1.807) is 0 Å². The third-order valence-electron chi connectivity index (χ3n) is 6.78. The minimum atomic E-state index is -4.73. The molecule has 0 saturated carbocycles. The van der Waals surface area contributed by atoms with Crippen molar-refractivity contribution in [1.29, 1.82) is 0 Å². The zero-order chi connectivity index (χ0) is 29.7. The number of hydrogen-bond acceptors (Lipinski definition) is 6. The summed E-state index contributed by atoms with van der Waals surface area (Å²) in [7, 11) is -4.73. The summed E-state index contributed by atoms with van der Waals surface area (Å²) in [5.74, 6) is -0.900. The van der Waals surface area contributed by atoms with Gasteiger partial charge in [-0.2, -0.15) is 0 Å². The van der Waals surface area contributed by atoms with E-state index in [1.165, 1.54) is 64.2 Å². The summed E-state index contributed by atoms with van der Waals surface area (Å²) >= 11 is 0. The Hall–Kier alpha value is -1.21. The fraction of sp³-hybridized carbons (Fsp3) is 0.871. The zero-order valence-corrected chi connectivity index (χ0v) is 26.4. The van der Waals surface area contributed by atoms with Gasteiger partial charge < -0.3 is 19.3 Å². The molecule has 0 radical (unpaired) electrons. The first kappa shape index (κ1) is 38.8. The molecule has 0 aliphatic heterocycles. The van der Waals surface area contributed by atoms with Crippen LogP contribution < -0.4 is 0 Å². The molecule has 8 nitrogen and oxygen atoms in total. The van der Waals surface area contributed by atoms with Gasteiger partial charge in [-0.05, 0) is 38.5 Å². The monoisotopic (exact) mass is 590 g/mol. The van der Waals surface area contributed by atoms with E-state index in [0.717, 1.165) is 57.8 Å². The molecule has 236 valence electrons. The first-order valence-corrected chi connectivity index (χ1v) is 17.5. The van der Waals surface area contributed by atoms with Crippen molar-refractivity contribution in [1.82, 2.24) is 0 Å². The Morgan fingerprint density at radius 2 is 1.05 bits per heavy atom. The van der Waals surface area contributed by atoms with Gasteiger partial charge in [0.2, 0.25) is 0 Å². The maximum atomic E-state index is 12.3. The predicted octanol–water partition coefficient (Wildman–Crippen LogP) is 8.73. The number of esters is 2. The highest BCUT2D eigenvalue weighted by Gasteiger charge is 2.22. The smallest absolute Gasteiger partial charge is 0.462 e. The van der Waals surface area contributed by atoms with Gasteiger partial charge in [-0.25, -0.2) is 4.57 Å². The number of carbonyl (C=O) groups excluding carboxylic acids is 2. The Bertz CT molecular complexity index is 676. The van der Waals surface area contributed by atoms with Gasteiger partial charge in [0.15, 0.2) is 6.10 Å². The van der Waals surface area contributed by atoms with Crippen LogP contribution in [0.4, 0.5) is 0 Å². The van der Waals surface area contributed by atoms with Gasteiger partial charge in [0.1, 0.15) is 6.61 Å². The Balaban J connectivity index is 4.00. The van der Waals surface area contributed by atoms with E-state index in [9.17, 15) is 14.2 Å². The molecule has 0 amide bonds. The summed E-state index contributed by atoms with van der Waals surface area (Å²) in [5.41, 5.74) is 0. The van der Waals surface area contributed by atoms with E-state index in [2.05, 4.69) is 30.5 Å². The summed E-state index contributed by atoms with van der Waals surface area (Å²) in [4.78, 5) is 42.3. The van der Waals surface area contributed by atoms with E-state index in [4.69, 9.17) is 19.3 Å². The first-order chi connectivity index (χ1) is 19.3. The zero-order valence-electron chi connectivity index (χ0n) is 25.5. The summed E-state index contributed by atoms with van der Waals surface area (Å²) in [6, 6.07) is 0. The molecule has 0 saturated heterocycles. The van der Waals surface area contributed by atoms with Crippen LogP contribution in [-0.4, -0.2) is 41.0 Å². The van der Waals surface area contributed by atoms with Gasteiger partial charge in [-0.1, -0.05) is 116 Å². The van der Waals surface area contributed by atoms with E-state index < -0.39 is 32.5 Å². The molecule has 0 aromatic rings. The summed E-state index contributed by atoms with van der Waals surface area (Å²) in [5, 5.41) is 0. The fourth-order valence-corrected chi connectivity index (χ4v) is 4.73. The van der Waals surface area contributed by atoms with Gasteiger partial charge in [0.05, 0.1) is 6.61 Å². The van der Waals surface area contributed by atoms with Gasteiger partial charge in [0, 0.05) is 12.8 Å². The molecule has 0 unspecified atom stereocenters. The lowest BCUT2D eigenvalue weighted by atomic mass is 10.1. The van der Waals surface area contributed by atoms with Crippen molar-refractivity contribution in [3.63, 3.8) is 0 Å². The van der Waals surface area contributed by atoms with Crippen molar-refractivity contribution in [2.24, 2.45) is 0 Å². The molecule has 40 heavy (non-hydrogen) atoms. The van der Waals surface area contributed by atoms with Gasteiger partial charge in [-0.3, -0.25) is 14.1 Å². The Morgan fingerprint density at radius 1 is 0.625 bits per heavy atom. The van der Waals surface area contributed by atoms with Crippen molar-refractivity contribution in [2.75, 3.05) is 13.2 Å². The molecule has 1 atom stereocenters. The number of phosphoric ester groups is 1. The van der Waals surface area contributed by atoms with Crippen LogP contribution in [0, 0.1) is 0 Å². The van der Waals surface area contributed by atoms with Crippen molar-refractivity contribution >= 4 is 19.8 Å². The molecule has 0 aliphatic rings. The number of carbonyl (C=O) groups is 2. The van der Waals surface area contributed by atoms with E-state index >= 15 is 0 Å². The molecule has 0 aromatic carbocycles. The highest BCUT2D eigenvalue weighted by atomic mass is 31.2. The highest BCUT2D eigenvalue weighted by Crippen LogP contribution is 2.35. The van der Waals surface area contributed by atoms with Gasteiger partial charge in [0.25, 0.3) is 0 Å². The molecular formula is C31H59O8P. The van der Waals surface area contributed by atoms with Crippen LogP contribution in [0.5, 0.6) is 0 Å². The third kappa shape index (κ3) is 29.8. The minimum Gasteiger partial charge on any atom is -0.462 e. The molecule has 0 heterocycles. The molecule has 0 bridgehead atoms. The normalized spacial score (nSPS) is 12.6. The number of phosphoric acid groups is 1. The number of unbranched alkanes of at least 4 members (excludes halogenated alkanes) is 17. The predicted molar refractivity (Wildman–Crippen MR) is 161 cm³/mol. The average molecular weight is 591 g/mol. The molecule has 0 rings (SSSR count). The van der Waals surface area contributed by atoms with Crippen LogP contribution in [0.3, 0.4) is 0 Å². The molecule has 0 spiro atoms. The van der Waals surface area contributed by atoms with Crippen molar-refractivity contribution in [3.8, 4) is 0 Å². The van der Waals surface area contributed by atoms with Crippen molar-refractivity contribution < 1.29 is 37.9 Å². The molecule has 2 N–H and O–H groups in total. The van der Waals surface area contributed by atoms with Crippen molar-refractivity contribution in [3.05, 3.63) is 12.2 Å². The number of ether oxygens (including phenoxy) is 2. The topological polar surface area (TPSA) is 119 Å².